The van der Waals surface area contributed by atoms with E-state index in [1.54, 1.807) is 18.3 Å². The van der Waals surface area contributed by atoms with Crippen molar-refractivity contribution in [2.45, 2.75) is 32.1 Å². The van der Waals surface area contributed by atoms with Crippen LogP contribution < -0.4 is 10.6 Å². The summed E-state index contributed by atoms with van der Waals surface area (Å²) in [6.07, 6.45) is 6.84. The van der Waals surface area contributed by atoms with E-state index in [2.05, 4.69) is 15.6 Å². The number of carbonyl (C=O) groups excluding carboxylic acids is 2. The molecule has 0 saturated carbocycles. The fraction of sp³-hybridized carbons (Fsp3) is 0.632. The molecule has 1 unspecified atom stereocenters. The molecule has 1 aromatic heterocycles. The van der Waals surface area contributed by atoms with E-state index in [0.717, 1.165) is 51.9 Å². The first-order chi connectivity index (χ1) is 12.2. The van der Waals surface area contributed by atoms with Crippen molar-refractivity contribution in [1.29, 1.82) is 0 Å². The van der Waals surface area contributed by atoms with E-state index in [9.17, 15) is 9.59 Å². The average Bonchev–Trinajstić information content (AvgIpc) is 2.96. The minimum atomic E-state index is -0.122. The van der Waals surface area contributed by atoms with Crippen LogP contribution in [0.15, 0.2) is 24.4 Å². The number of likely N-dealkylation sites (tertiary alicyclic amines) is 1. The predicted molar refractivity (Wildman–Crippen MR) is 96.1 cm³/mol. The number of nitrogens with zero attached hydrogens (tertiary/aromatic N) is 2. The molecule has 0 radical (unpaired) electrons. The van der Waals surface area contributed by atoms with Crippen LogP contribution in [0.4, 0.5) is 0 Å². The zero-order valence-electron chi connectivity index (χ0n) is 14.7. The number of nitrogens with one attached hydrogen (secondary N) is 2. The lowest BCUT2D eigenvalue weighted by Gasteiger charge is -2.34. The van der Waals surface area contributed by atoms with Crippen LogP contribution in [-0.2, 0) is 4.79 Å². The molecule has 2 saturated heterocycles. The van der Waals surface area contributed by atoms with Gasteiger partial charge in [-0.05, 0) is 50.3 Å². The molecule has 2 aliphatic heterocycles. The Labute approximate surface area is 149 Å². The van der Waals surface area contributed by atoms with Gasteiger partial charge in [0.1, 0.15) is 5.69 Å². The summed E-state index contributed by atoms with van der Waals surface area (Å²) in [5, 5.41) is 6.34. The molecule has 136 valence electrons. The molecule has 2 fully saturated rings. The van der Waals surface area contributed by atoms with Gasteiger partial charge in [-0.25, -0.2) is 0 Å². The first-order valence-corrected chi connectivity index (χ1v) is 9.43. The average molecular weight is 344 g/mol. The third-order valence-corrected chi connectivity index (χ3v) is 5.27. The number of aromatic nitrogens is 1. The molecule has 3 heterocycles. The summed E-state index contributed by atoms with van der Waals surface area (Å²) in [6.45, 7) is 4.11. The van der Waals surface area contributed by atoms with Crippen LogP contribution in [0.25, 0.3) is 0 Å². The quantitative estimate of drug-likeness (QED) is 0.867. The largest absolute Gasteiger partial charge is 0.350 e. The number of amides is 2. The van der Waals surface area contributed by atoms with Crippen molar-refractivity contribution in [3.05, 3.63) is 30.1 Å². The van der Waals surface area contributed by atoms with Crippen LogP contribution in [0.3, 0.4) is 0 Å². The van der Waals surface area contributed by atoms with Gasteiger partial charge in [0.15, 0.2) is 0 Å². The van der Waals surface area contributed by atoms with Crippen LogP contribution in [-0.4, -0.2) is 54.4 Å². The standard InChI is InChI=1S/C19H28N4O2/c24-18(17-6-2-4-10-21-17)22-13-15-7-11-23(12-8-15)19(25)16-5-1-3-9-20-14-16/h2,4,6,10,15-16,20H,1,3,5,7-9,11-14H2,(H,22,24). The van der Waals surface area contributed by atoms with Crippen molar-refractivity contribution in [2.75, 3.05) is 32.7 Å². The molecule has 25 heavy (non-hydrogen) atoms. The monoisotopic (exact) mass is 344 g/mol. The predicted octanol–water partition coefficient (Wildman–Crippen LogP) is 1.44. The molecule has 1 aromatic rings. The van der Waals surface area contributed by atoms with Crippen molar-refractivity contribution in [3.8, 4) is 0 Å². The maximum absolute atomic E-state index is 12.7. The van der Waals surface area contributed by atoms with Gasteiger partial charge < -0.3 is 15.5 Å². The zero-order chi connectivity index (χ0) is 17.5. The number of rotatable bonds is 4. The number of pyridine rings is 1. The third kappa shape index (κ3) is 5.01. The van der Waals surface area contributed by atoms with E-state index >= 15 is 0 Å². The summed E-state index contributed by atoms with van der Waals surface area (Å²) in [4.78, 5) is 30.8. The Kier molecular flexibility index (Phi) is 6.39. The number of hydrogen-bond donors (Lipinski definition) is 2. The highest BCUT2D eigenvalue weighted by Crippen LogP contribution is 2.21. The molecule has 2 amide bonds. The van der Waals surface area contributed by atoms with Crippen molar-refractivity contribution < 1.29 is 9.59 Å². The summed E-state index contributed by atoms with van der Waals surface area (Å²) in [6, 6.07) is 5.33. The molecule has 0 bridgehead atoms. The van der Waals surface area contributed by atoms with Gasteiger partial charge in [0, 0.05) is 32.4 Å². The lowest BCUT2D eigenvalue weighted by atomic mass is 9.94. The van der Waals surface area contributed by atoms with E-state index < -0.39 is 0 Å². The molecular formula is C19H28N4O2. The Morgan fingerprint density at radius 3 is 2.80 bits per heavy atom. The van der Waals surface area contributed by atoms with Crippen LogP contribution in [0.5, 0.6) is 0 Å². The van der Waals surface area contributed by atoms with Gasteiger partial charge in [0.05, 0.1) is 5.92 Å². The maximum Gasteiger partial charge on any atom is 0.269 e. The summed E-state index contributed by atoms with van der Waals surface area (Å²) < 4.78 is 0. The summed E-state index contributed by atoms with van der Waals surface area (Å²) >= 11 is 0. The number of hydrogen-bond acceptors (Lipinski definition) is 4. The Balaban J connectivity index is 1.41. The highest BCUT2D eigenvalue weighted by Gasteiger charge is 2.28. The van der Waals surface area contributed by atoms with E-state index in [4.69, 9.17) is 0 Å². The molecule has 3 rings (SSSR count). The number of piperidine rings is 1. The molecule has 0 aromatic carbocycles. The Morgan fingerprint density at radius 1 is 1.20 bits per heavy atom. The highest BCUT2D eigenvalue weighted by molar-refractivity contribution is 5.92. The summed E-state index contributed by atoms with van der Waals surface area (Å²) in [7, 11) is 0. The van der Waals surface area contributed by atoms with E-state index in [0.29, 0.717) is 24.1 Å². The Bertz CT molecular complexity index is 562. The third-order valence-electron chi connectivity index (χ3n) is 5.27. The summed E-state index contributed by atoms with van der Waals surface area (Å²) in [5.41, 5.74) is 0.455. The Morgan fingerprint density at radius 2 is 2.04 bits per heavy atom. The van der Waals surface area contributed by atoms with Crippen molar-refractivity contribution in [1.82, 2.24) is 20.5 Å². The molecule has 2 aliphatic rings. The highest BCUT2D eigenvalue weighted by atomic mass is 16.2. The van der Waals surface area contributed by atoms with Gasteiger partial charge in [-0.15, -0.1) is 0 Å². The van der Waals surface area contributed by atoms with E-state index in [1.807, 2.05) is 11.0 Å². The van der Waals surface area contributed by atoms with Crippen LogP contribution in [0.2, 0.25) is 0 Å². The van der Waals surface area contributed by atoms with Crippen molar-refractivity contribution in [3.63, 3.8) is 0 Å². The molecule has 1 atom stereocenters. The van der Waals surface area contributed by atoms with Crippen molar-refractivity contribution >= 4 is 11.8 Å². The van der Waals surface area contributed by atoms with Gasteiger partial charge in [-0.3, -0.25) is 14.6 Å². The first kappa shape index (κ1) is 17.9. The molecule has 2 N–H and O–H groups in total. The number of carbonyl (C=O) groups is 2. The second-order valence-corrected chi connectivity index (χ2v) is 7.09. The van der Waals surface area contributed by atoms with Crippen LogP contribution >= 0.6 is 0 Å². The smallest absolute Gasteiger partial charge is 0.269 e. The molecule has 0 spiro atoms. The lowest BCUT2D eigenvalue weighted by Crippen LogP contribution is -2.45. The van der Waals surface area contributed by atoms with Gasteiger partial charge in [-0.2, -0.15) is 0 Å². The fourth-order valence-electron chi connectivity index (χ4n) is 3.67. The lowest BCUT2D eigenvalue weighted by molar-refractivity contribution is -0.137. The minimum Gasteiger partial charge on any atom is -0.350 e. The molecule has 0 aliphatic carbocycles. The normalized spacial score (nSPS) is 22.2. The second-order valence-electron chi connectivity index (χ2n) is 7.09. The zero-order valence-corrected chi connectivity index (χ0v) is 14.7. The van der Waals surface area contributed by atoms with Crippen LogP contribution in [0.1, 0.15) is 42.6 Å². The second kappa shape index (κ2) is 8.94. The minimum absolute atomic E-state index is 0.122. The maximum atomic E-state index is 12.7. The molecule has 6 heteroatoms. The molecular weight excluding hydrogens is 316 g/mol. The van der Waals surface area contributed by atoms with Gasteiger partial charge in [-0.1, -0.05) is 12.5 Å². The first-order valence-electron chi connectivity index (χ1n) is 9.43. The van der Waals surface area contributed by atoms with Crippen LogP contribution in [0, 0.1) is 11.8 Å². The van der Waals surface area contributed by atoms with Gasteiger partial charge in [0.2, 0.25) is 5.91 Å². The van der Waals surface area contributed by atoms with E-state index in [-0.39, 0.29) is 11.8 Å². The SMILES string of the molecule is O=C(NCC1CCN(C(=O)C2CCCCNC2)CC1)c1ccccn1. The van der Waals surface area contributed by atoms with Gasteiger partial charge in [0.25, 0.3) is 5.91 Å². The molecule has 6 nitrogen and oxygen atoms in total. The fourth-order valence-corrected chi connectivity index (χ4v) is 3.67. The Hall–Kier alpha value is -1.95. The van der Waals surface area contributed by atoms with Crippen molar-refractivity contribution in [2.24, 2.45) is 11.8 Å². The topological polar surface area (TPSA) is 74.3 Å². The van der Waals surface area contributed by atoms with Gasteiger partial charge >= 0.3 is 0 Å². The van der Waals surface area contributed by atoms with E-state index in [1.165, 1.54) is 6.42 Å². The summed E-state index contributed by atoms with van der Waals surface area (Å²) in [5.74, 6) is 0.765.